The van der Waals surface area contributed by atoms with Crippen LogP contribution >= 0.6 is 11.3 Å². The Kier molecular flexibility index (Phi) is 5.71. The Morgan fingerprint density at radius 1 is 1.31 bits per heavy atom. The van der Waals surface area contributed by atoms with Gasteiger partial charge >= 0.3 is 11.9 Å². The third-order valence-electron chi connectivity index (χ3n) is 3.07. The fraction of sp³-hybridized carbons (Fsp3) is 0.308. The number of anilines is 2. The highest BCUT2D eigenvalue weighted by atomic mass is 32.2. The first-order chi connectivity index (χ1) is 12.0. The van der Waals surface area contributed by atoms with Crippen LogP contribution in [-0.2, 0) is 16.0 Å². The summed E-state index contributed by atoms with van der Waals surface area (Å²) in [6.45, 7) is -0.0121. The molecule has 0 amide bonds. The maximum absolute atomic E-state index is 12.9. The van der Waals surface area contributed by atoms with Crippen LogP contribution in [0.3, 0.4) is 0 Å². The van der Waals surface area contributed by atoms with Gasteiger partial charge in [0.15, 0.2) is 14.8 Å². The van der Waals surface area contributed by atoms with Crippen molar-refractivity contribution >= 4 is 37.7 Å². The van der Waals surface area contributed by atoms with Crippen molar-refractivity contribution in [3.05, 3.63) is 40.1 Å². The molecule has 8 nitrogen and oxygen atoms in total. The molecule has 0 aliphatic rings. The monoisotopic (exact) mass is 410 g/mol. The highest BCUT2D eigenvalue weighted by Crippen LogP contribution is 2.37. The predicted molar refractivity (Wildman–Crippen MR) is 90.3 cm³/mol. The van der Waals surface area contributed by atoms with Gasteiger partial charge in [0.05, 0.1) is 10.5 Å². The molecule has 0 radical (unpaired) electrons. The summed E-state index contributed by atoms with van der Waals surface area (Å²) >= 11 is 0.684. The second-order valence-electron chi connectivity index (χ2n) is 5.06. The van der Waals surface area contributed by atoms with E-state index in [1.165, 1.54) is 6.20 Å². The molecule has 0 fully saturated rings. The van der Waals surface area contributed by atoms with E-state index in [0.29, 0.717) is 11.3 Å². The summed E-state index contributed by atoms with van der Waals surface area (Å²) in [5.74, 6) is -0.362. The Labute approximate surface area is 150 Å². The molecule has 0 bridgehead atoms. The summed E-state index contributed by atoms with van der Waals surface area (Å²) in [5, 5.41) is 16.2. The van der Waals surface area contributed by atoms with Crippen molar-refractivity contribution in [2.24, 2.45) is 0 Å². The molecule has 0 saturated carbocycles. The van der Waals surface area contributed by atoms with Crippen LogP contribution in [0.4, 0.5) is 29.7 Å². The fourth-order valence-electron chi connectivity index (χ4n) is 1.94. The minimum Gasteiger partial charge on any atom is -0.369 e. The van der Waals surface area contributed by atoms with E-state index >= 15 is 0 Å². The second kappa shape index (κ2) is 7.45. The standard InChI is InChI=1S/C13H13F3N4O4S2/c1-26(23,24)10-7-9(20(21)22)12(25-10)19-6-5-18-11-8(13(14,15)16)3-2-4-17-11/h2-4,7,19H,5-6H2,1H3,(H,17,18). The Bertz CT molecular complexity index is 912. The Morgan fingerprint density at radius 2 is 1.96 bits per heavy atom. The number of hydrogen-bond donors (Lipinski definition) is 2. The normalized spacial score (nSPS) is 12.0. The molecular formula is C13H13F3N4O4S2. The topological polar surface area (TPSA) is 114 Å². The minimum absolute atomic E-state index is 0.00860. The molecule has 26 heavy (non-hydrogen) atoms. The van der Waals surface area contributed by atoms with Gasteiger partial charge in [-0.05, 0) is 12.1 Å². The number of thiophene rings is 1. The van der Waals surface area contributed by atoms with Gasteiger partial charge in [0.1, 0.15) is 10.0 Å². The van der Waals surface area contributed by atoms with Gasteiger partial charge in [0.25, 0.3) is 0 Å². The third kappa shape index (κ3) is 4.82. The molecule has 0 aromatic carbocycles. The van der Waals surface area contributed by atoms with E-state index in [4.69, 9.17) is 0 Å². The van der Waals surface area contributed by atoms with E-state index < -0.39 is 32.2 Å². The van der Waals surface area contributed by atoms with E-state index in [2.05, 4.69) is 15.6 Å². The van der Waals surface area contributed by atoms with Gasteiger partial charge < -0.3 is 10.6 Å². The Morgan fingerprint density at radius 3 is 2.54 bits per heavy atom. The molecule has 2 N–H and O–H groups in total. The van der Waals surface area contributed by atoms with E-state index in [-0.39, 0.29) is 28.1 Å². The third-order valence-corrected chi connectivity index (χ3v) is 5.95. The lowest BCUT2D eigenvalue weighted by atomic mass is 10.2. The lowest BCUT2D eigenvalue weighted by Crippen LogP contribution is -2.17. The number of nitrogens with zero attached hydrogens (tertiary/aromatic N) is 2. The molecule has 0 aliphatic carbocycles. The molecule has 2 aromatic rings. The first-order valence-electron chi connectivity index (χ1n) is 6.98. The predicted octanol–water partition coefficient (Wildman–Crippen LogP) is 3.00. The number of halogens is 3. The number of hydrogen-bond acceptors (Lipinski definition) is 8. The Balaban J connectivity index is 2.06. The van der Waals surface area contributed by atoms with Gasteiger partial charge in [-0.25, -0.2) is 13.4 Å². The lowest BCUT2D eigenvalue weighted by Gasteiger charge is -2.13. The van der Waals surface area contributed by atoms with Crippen LogP contribution in [0, 0.1) is 10.1 Å². The minimum atomic E-state index is -4.57. The summed E-state index contributed by atoms with van der Waals surface area (Å²) in [7, 11) is -3.61. The van der Waals surface area contributed by atoms with Crippen molar-refractivity contribution in [1.82, 2.24) is 4.98 Å². The van der Waals surface area contributed by atoms with E-state index in [1.807, 2.05) is 0 Å². The first-order valence-corrected chi connectivity index (χ1v) is 9.69. The number of alkyl halides is 3. The van der Waals surface area contributed by atoms with E-state index in [9.17, 15) is 31.7 Å². The summed E-state index contributed by atoms with van der Waals surface area (Å²) in [4.78, 5) is 13.9. The van der Waals surface area contributed by atoms with Crippen molar-refractivity contribution in [2.75, 3.05) is 30.0 Å². The van der Waals surface area contributed by atoms with E-state index in [0.717, 1.165) is 24.5 Å². The number of nitro groups is 1. The number of sulfone groups is 1. The molecular weight excluding hydrogens is 397 g/mol. The largest absolute Gasteiger partial charge is 0.419 e. The quantitative estimate of drug-likeness (QED) is 0.410. The summed E-state index contributed by atoms with van der Waals surface area (Å²) in [5.41, 5.74) is -1.34. The van der Waals surface area contributed by atoms with Gasteiger partial charge in [-0.2, -0.15) is 13.2 Å². The summed E-state index contributed by atoms with van der Waals surface area (Å²) in [6.07, 6.45) is -2.44. The van der Waals surface area contributed by atoms with E-state index in [1.54, 1.807) is 0 Å². The molecule has 0 saturated heterocycles. The van der Waals surface area contributed by atoms with Crippen LogP contribution in [-0.4, -0.2) is 37.7 Å². The van der Waals surface area contributed by atoms with Crippen LogP contribution in [0.1, 0.15) is 5.56 Å². The smallest absolute Gasteiger partial charge is 0.369 e. The average Bonchev–Trinajstić information content (AvgIpc) is 2.95. The Hall–Kier alpha value is -2.41. The molecule has 0 atom stereocenters. The highest BCUT2D eigenvalue weighted by molar-refractivity contribution is 7.92. The zero-order chi connectivity index (χ0) is 19.5. The second-order valence-corrected chi connectivity index (χ2v) is 8.35. The van der Waals surface area contributed by atoms with Crippen LogP contribution in [0.15, 0.2) is 28.6 Å². The van der Waals surface area contributed by atoms with Crippen molar-refractivity contribution in [3.8, 4) is 0 Å². The molecule has 142 valence electrons. The SMILES string of the molecule is CS(=O)(=O)c1cc([N+](=O)[O-])c(NCCNc2ncccc2C(F)(F)F)s1. The molecule has 0 spiro atoms. The van der Waals surface area contributed by atoms with Crippen LogP contribution in [0.5, 0.6) is 0 Å². The number of nitrogens with one attached hydrogen (secondary N) is 2. The van der Waals surface area contributed by atoms with Crippen LogP contribution in [0.25, 0.3) is 0 Å². The van der Waals surface area contributed by atoms with Crippen molar-refractivity contribution in [1.29, 1.82) is 0 Å². The van der Waals surface area contributed by atoms with Crippen molar-refractivity contribution in [2.45, 2.75) is 10.4 Å². The average molecular weight is 410 g/mol. The van der Waals surface area contributed by atoms with Gasteiger partial charge in [-0.15, -0.1) is 0 Å². The maximum atomic E-state index is 12.9. The van der Waals surface area contributed by atoms with Crippen molar-refractivity contribution < 1.29 is 26.5 Å². The number of rotatable bonds is 7. The van der Waals surface area contributed by atoms with Gasteiger partial charge in [0, 0.05) is 31.6 Å². The zero-order valence-electron chi connectivity index (χ0n) is 13.2. The summed E-state index contributed by atoms with van der Waals surface area (Å²) < 4.78 is 61.4. The zero-order valence-corrected chi connectivity index (χ0v) is 14.8. The first kappa shape index (κ1) is 19.9. The number of pyridine rings is 1. The van der Waals surface area contributed by atoms with Crippen LogP contribution < -0.4 is 10.6 Å². The maximum Gasteiger partial charge on any atom is 0.419 e. The van der Waals surface area contributed by atoms with Crippen molar-refractivity contribution in [3.63, 3.8) is 0 Å². The lowest BCUT2D eigenvalue weighted by molar-refractivity contribution is -0.383. The fourth-order valence-corrected chi connectivity index (χ4v) is 3.90. The summed E-state index contributed by atoms with van der Waals surface area (Å²) in [6, 6.07) is 2.98. The van der Waals surface area contributed by atoms with Gasteiger partial charge in [0.2, 0.25) is 0 Å². The highest BCUT2D eigenvalue weighted by Gasteiger charge is 2.34. The van der Waals surface area contributed by atoms with Crippen LogP contribution in [0.2, 0.25) is 0 Å². The van der Waals surface area contributed by atoms with Gasteiger partial charge in [-0.3, -0.25) is 10.1 Å². The molecule has 13 heteroatoms. The molecule has 2 aromatic heterocycles. The molecule has 2 rings (SSSR count). The molecule has 0 unspecified atom stereocenters. The van der Waals surface area contributed by atoms with Gasteiger partial charge in [-0.1, -0.05) is 11.3 Å². The molecule has 0 aliphatic heterocycles. The number of aromatic nitrogens is 1. The molecule has 2 heterocycles.